The molecule has 0 aliphatic heterocycles. The lowest BCUT2D eigenvalue weighted by Crippen LogP contribution is -2.24. The third-order valence-electron chi connectivity index (χ3n) is 1.48. The highest BCUT2D eigenvalue weighted by Gasteiger charge is 2.12. The predicted molar refractivity (Wildman–Crippen MR) is 49.5 cm³/mol. The number of rotatable bonds is 6. The van der Waals surface area contributed by atoms with E-state index in [2.05, 4.69) is 0 Å². The number of sulfone groups is 1. The molecule has 0 radical (unpaired) electrons. The van der Waals surface area contributed by atoms with Gasteiger partial charge in [0.05, 0.1) is 17.9 Å². The third kappa shape index (κ3) is 7.73. The van der Waals surface area contributed by atoms with E-state index < -0.39 is 15.8 Å². The third-order valence-corrected chi connectivity index (χ3v) is 3.11. The van der Waals surface area contributed by atoms with Crippen LogP contribution in [0.25, 0.3) is 0 Å². The van der Waals surface area contributed by atoms with Crippen molar-refractivity contribution in [1.29, 1.82) is 0 Å². The van der Waals surface area contributed by atoms with Gasteiger partial charge < -0.3 is 10.0 Å². The summed E-state index contributed by atoms with van der Waals surface area (Å²) in [6.45, 7) is 0.432. The van der Waals surface area contributed by atoms with Crippen LogP contribution in [0.3, 0.4) is 0 Å². The molecule has 0 heterocycles. The van der Waals surface area contributed by atoms with Crippen LogP contribution in [0.4, 0.5) is 0 Å². The fourth-order valence-electron chi connectivity index (χ4n) is 0.667. The summed E-state index contributed by atoms with van der Waals surface area (Å²) in [4.78, 5) is 11.9. The first-order valence-electron chi connectivity index (χ1n) is 3.90. The van der Waals surface area contributed by atoms with E-state index in [0.29, 0.717) is 6.54 Å². The quantitative estimate of drug-likeness (QED) is 0.634. The Balaban J connectivity index is 3.88. The van der Waals surface area contributed by atoms with Crippen molar-refractivity contribution in [2.75, 3.05) is 32.1 Å². The van der Waals surface area contributed by atoms with Crippen LogP contribution in [0.1, 0.15) is 6.42 Å². The van der Waals surface area contributed by atoms with E-state index in [4.69, 9.17) is 5.11 Å². The SMILES string of the molecule is CN(C)CCS(=O)(=O)CCC(=O)O. The lowest BCUT2D eigenvalue weighted by Gasteiger charge is -2.08. The Morgan fingerprint density at radius 3 is 2.23 bits per heavy atom. The molecule has 6 heteroatoms. The summed E-state index contributed by atoms with van der Waals surface area (Å²) in [6.07, 6.45) is -0.310. The van der Waals surface area contributed by atoms with Crippen LogP contribution in [-0.4, -0.2) is 56.5 Å². The summed E-state index contributed by atoms with van der Waals surface area (Å²) in [5, 5.41) is 8.28. The lowest BCUT2D eigenvalue weighted by molar-refractivity contribution is -0.136. The van der Waals surface area contributed by atoms with Gasteiger partial charge in [-0.2, -0.15) is 0 Å². The molecule has 0 spiro atoms. The minimum Gasteiger partial charge on any atom is -0.481 e. The summed E-state index contributed by atoms with van der Waals surface area (Å²) >= 11 is 0. The van der Waals surface area contributed by atoms with Crippen molar-refractivity contribution in [1.82, 2.24) is 4.90 Å². The molecular weight excluding hydrogens is 194 g/mol. The van der Waals surface area contributed by atoms with Crippen LogP contribution in [0.5, 0.6) is 0 Å². The second-order valence-corrected chi connectivity index (χ2v) is 5.40. The highest BCUT2D eigenvalue weighted by Crippen LogP contribution is 1.94. The molecule has 0 atom stereocenters. The molecule has 0 bridgehead atoms. The van der Waals surface area contributed by atoms with Crippen LogP contribution in [-0.2, 0) is 14.6 Å². The summed E-state index contributed by atoms with van der Waals surface area (Å²) in [6, 6.07) is 0. The molecule has 0 saturated carbocycles. The first-order chi connectivity index (χ1) is 5.83. The first kappa shape index (κ1) is 12.4. The summed E-state index contributed by atoms with van der Waals surface area (Å²) < 4.78 is 22.3. The zero-order chi connectivity index (χ0) is 10.5. The van der Waals surface area contributed by atoms with Crippen molar-refractivity contribution >= 4 is 15.8 Å². The number of carboxylic acids is 1. The van der Waals surface area contributed by atoms with E-state index in [-0.39, 0.29) is 17.9 Å². The van der Waals surface area contributed by atoms with E-state index in [1.54, 1.807) is 19.0 Å². The van der Waals surface area contributed by atoms with Crippen LogP contribution >= 0.6 is 0 Å². The van der Waals surface area contributed by atoms with Crippen LogP contribution in [0, 0.1) is 0 Å². The van der Waals surface area contributed by atoms with Crippen molar-refractivity contribution < 1.29 is 18.3 Å². The maximum atomic E-state index is 11.1. The summed E-state index contributed by atoms with van der Waals surface area (Å²) in [5.74, 6) is -1.32. The van der Waals surface area contributed by atoms with Gasteiger partial charge in [-0.3, -0.25) is 4.79 Å². The summed E-state index contributed by atoms with van der Waals surface area (Å²) in [5.41, 5.74) is 0. The fraction of sp³-hybridized carbons (Fsp3) is 0.857. The number of hydrogen-bond acceptors (Lipinski definition) is 4. The molecule has 1 N–H and O–H groups in total. The zero-order valence-corrected chi connectivity index (χ0v) is 8.67. The molecule has 5 nitrogen and oxygen atoms in total. The molecule has 13 heavy (non-hydrogen) atoms. The van der Waals surface area contributed by atoms with Gasteiger partial charge >= 0.3 is 5.97 Å². The Hall–Kier alpha value is -0.620. The van der Waals surface area contributed by atoms with Gasteiger partial charge in [0.15, 0.2) is 9.84 Å². The first-order valence-corrected chi connectivity index (χ1v) is 5.72. The van der Waals surface area contributed by atoms with Crippen LogP contribution in [0.2, 0.25) is 0 Å². The number of carbonyl (C=O) groups is 1. The molecule has 0 rings (SSSR count). The molecule has 0 aromatic rings. The average molecular weight is 209 g/mol. The molecule has 0 fully saturated rings. The second-order valence-electron chi connectivity index (χ2n) is 3.10. The second kappa shape index (κ2) is 5.18. The number of carboxylic acid groups (broad SMARTS) is 1. The van der Waals surface area contributed by atoms with Gasteiger partial charge in [0.2, 0.25) is 0 Å². The standard InChI is InChI=1S/C7H15NO4S/c1-8(2)4-6-13(11,12)5-3-7(9)10/h3-6H2,1-2H3,(H,9,10). The number of hydrogen-bond donors (Lipinski definition) is 1. The smallest absolute Gasteiger partial charge is 0.304 e. The van der Waals surface area contributed by atoms with Gasteiger partial charge in [0.25, 0.3) is 0 Å². The van der Waals surface area contributed by atoms with Crippen molar-refractivity contribution in [3.8, 4) is 0 Å². The Morgan fingerprint density at radius 2 is 1.85 bits per heavy atom. The average Bonchev–Trinajstić information content (AvgIpc) is 1.98. The lowest BCUT2D eigenvalue weighted by atomic mass is 10.5. The molecular formula is C7H15NO4S. The van der Waals surface area contributed by atoms with E-state index in [0.717, 1.165) is 0 Å². The number of aliphatic carboxylic acids is 1. The zero-order valence-electron chi connectivity index (χ0n) is 7.86. The molecule has 0 unspecified atom stereocenters. The maximum absolute atomic E-state index is 11.1. The highest BCUT2D eigenvalue weighted by molar-refractivity contribution is 7.91. The largest absolute Gasteiger partial charge is 0.481 e. The van der Waals surface area contributed by atoms with Gasteiger partial charge in [-0.1, -0.05) is 0 Å². The molecule has 78 valence electrons. The Kier molecular flexibility index (Phi) is 4.94. The molecule has 0 aliphatic carbocycles. The topological polar surface area (TPSA) is 74.7 Å². The molecule has 0 aromatic heterocycles. The normalized spacial score (nSPS) is 11.9. The predicted octanol–water partition coefficient (Wildman–Crippen LogP) is -0.562. The van der Waals surface area contributed by atoms with Crippen molar-refractivity contribution in [3.05, 3.63) is 0 Å². The van der Waals surface area contributed by atoms with E-state index >= 15 is 0 Å². The van der Waals surface area contributed by atoms with Crippen LogP contribution < -0.4 is 0 Å². The fourth-order valence-corrected chi connectivity index (χ4v) is 2.00. The van der Waals surface area contributed by atoms with Gasteiger partial charge in [-0.05, 0) is 14.1 Å². The summed E-state index contributed by atoms with van der Waals surface area (Å²) in [7, 11) is 0.347. The van der Waals surface area contributed by atoms with Crippen molar-refractivity contribution in [3.63, 3.8) is 0 Å². The molecule has 0 amide bonds. The van der Waals surface area contributed by atoms with Crippen molar-refractivity contribution in [2.45, 2.75) is 6.42 Å². The maximum Gasteiger partial charge on any atom is 0.304 e. The highest BCUT2D eigenvalue weighted by atomic mass is 32.2. The van der Waals surface area contributed by atoms with E-state index in [1.807, 2.05) is 0 Å². The van der Waals surface area contributed by atoms with E-state index in [9.17, 15) is 13.2 Å². The monoisotopic (exact) mass is 209 g/mol. The molecule has 0 saturated heterocycles. The minimum atomic E-state index is -3.19. The van der Waals surface area contributed by atoms with E-state index in [1.165, 1.54) is 0 Å². The Labute approximate surface area is 78.3 Å². The minimum absolute atomic E-state index is 0.0211. The Bertz CT molecular complexity index is 258. The Morgan fingerprint density at radius 1 is 1.31 bits per heavy atom. The van der Waals surface area contributed by atoms with Crippen LogP contribution in [0.15, 0.2) is 0 Å². The van der Waals surface area contributed by atoms with Gasteiger partial charge in [0.1, 0.15) is 0 Å². The molecule has 0 aromatic carbocycles. The van der Waals surface area contributed by atoms with Crippen molar-refractivity contribution in [2.24, 2.45) is 0 Å². The van der Waals surface area contributed by atoms with Gasteiger partial charge in [-0.15, -0.1) is 0 Å². The van der Waals surface area contributed by atoms with Gasteiger partial charge in [0, 0.05) is 6.54 Å². The molecule has 0 aliphatic rings. The number of nitrogens with zero attached hydrogens (tertiary/aromatic N) is 1. The van der Waals surface area contributed by atoms with Gasteiger partial charge in [-0.25, -0.2) is 8.42 Å².